The maximum absolute atomic E-state index is 13.1. The summed E-state index contributed by atoms with van der Waals surface area (Å²) in [6.07, 6.45) is 1.32. The molecule has 0 aliphatic carbocycles. The Kier molecular flexibility index (Phi) is 6.09. The van der Waals surface area contributed by atoms with E-state index in [0.717, 1.165) is 12.0 Å². The van der Waals surface area contributed by atoms with Crippen LogP contribution < -0.4 is 14.8 Å². The first-order valence-electron chi connectivity index (χ1n) is 9.11. The summed E-state index contributed by atoms with van der Waals surface area (Å²) in [6.45, 7) is 2.41. The third-order valence-corrected chi connectivity index (χ3v) is 5.12. The molecule has 0 fully saturated rings. The summed E-state index contributed by atoms with van der Waals surface area (Å²) in [6, 6.07) is 10.1. The molecule has 1 aliphatic rings. The predicted molar refractivity (Wildman–Crippen MR) is 108 cm³/mol. The highest BCUT2D eigenvalue weighted by Crippen LogP contribution is 2.36. The number of hydrogen-bond donors (Lipinski definition) is 1. The molecule has 0 spiro atoms. The molecular weight excluding hydrogens is 380 g/mol. The number of amides is 2. The van der Waals surface area contributed by atoms with Crippen LogP contribution in [0, 0.1) is 0 Å². The average Bonchev–Trinajstić information content (AvgIpc) is 3.03. The van der Waals surface area contributed by atoms with E-state index in [4.69, 9.17) is 21.1 Å². The summed E-state index contributed by atoms with van der Waals surface area (Å²) < 4.78 is 10.5. The summed E-state index contributed by atoms with van der Waals surface area (Å²) in [5, 5.41) is 3.22. The van der Waals surface area contributed by atoms with Crippen molar-refractivity contribution in [3.05, 3.63) is 52.5 Å². The molecule has 0 bridgehead atoms. The minimum Gasteiger partial charge on any atom is -0.495 e. The number of nitrogens with zero attached hydrogens (tertiary/aromatic N) is 1. The third-order valence-electron chi connectivity index (χ3n) is 4.82. The SMILES string of the molecule is CCC[C@H](C(=O)Nc1cc(Cl)c(OC)cc1OC)N1Cc2ccccc2C1=O. The molecule has 148 valence electrons. The number of carbonyl (C=O) groups is 2. The smallest absolute Gasteiger partial charge is 0.255 e. The molecule has 0 radical (unpaired) electrons. The molecule has 1 heterocycles. The number of nitrogens with one attached hydrogen (secondary N) is 1. The minimum absolute atomic E-state index is 0.121. The molecular formula is C21H23ClN2O4. The lowest BCUT2D eigenvalue weighted by Gasteiger charge is -2.27. The zero-order valence-corrected chi connectivity index (χ0v) is 16.9. The van der Waals surface area contributed by atoms with Crippen molar-refractivity contribution in [3.8, 4) is 11.5 Å². The molecule has 0 saturated heterocycles. The molecule has 3 rings (SSSR count). The first-order chi connectivity index (χ1) is 13.5. The fourth-order valence-electron chi connectivity index (χ4n) is 3.40. The van der Waals surface area contributed by atoms with Crippen LogP contribution in [0.15, 0.2) is 36.4 Å². The van der Waals surface area contributed by atoms with Crippen molar-refractivity contribution in [1.29, 1.82) is 0 Å². The first kappa shape index (κ1) is 20.0. The number of benzene rings is 2. The van der Waals surface area contributed by atoms with Crippen molar-refractivity contribution in [2.75, 3.05) is 19.5 Å². The second-order valence-electron chi connectivity index (χ2n) is 6.57. The van der Waals surface area contributed by atoms with Gasteiger partial charge in [-0.1, -0.05) is 43.1 Å². The highest BCUT2D eigenvalue weighted by Gasteiger charge is 2.36. The lowest BCUT2D eigenvalue weighted by molar-refractivity contribution is -0.120. The third kappa shape index (κ3) is 3.78. The number of fused-ring (bicyclic) bond motifs is 1. The van der Waals surface area contributed by atoms with Gasteiger partial charge in [0.15, 0.2) is 0 Å². The van der Waals surface area contributed by atoms with Gasteiger partial charge in [0.1, 0.15) is 17.5 Å². The normalized spacial score (nSPS) is 13.9. The summed E-state index contributed by atoms with van der Waals surface area (Å²) in [4.78, 5) is 27.5. The van der Waals surface area contributed by atoms with Crippen LogP contribution in [0.25, 0.3) is 0 Å². The molecule has 1 aliphatic heterocycles. The van der Waals surface area contributed by atoms with Gasteiger partial charge in [-0.2, -0.15) is 0 Å². The zero-order chi connectivity index (χ0) is 20.3. The molecule has 7 heteroatoms. The van der Waals surface area contributed by atoms with Crippen LogP contribution in [-0.2, 0) is 11.3 Å². The molecule has 2 aromatic rings. The number of carbonyl (C=O) groups excluding carboxylic acids is 2. The quantitative estimate of drug-likeness (QED) is 0.756. The van der Waals surface area contributed by atoms with Crippen molar-refractivity contribution < 1.29 is 19.1 Å². The lowest BCUT2D eigenvalue weighted by atomic mass is 10.1. The van der Waals surface area contributed by atoms with Crippen LogP contribution >= 0.6 is 11.6 Å². The average molecular weight is 403 g/mol. The summed E-state index contributed by atoms with van der Waals surface area (Å²) in [5.41, 5.74) is 2.02. The molecule has 1 N–H and O–H groups in total. The van der Waals surface area contributed by atoms with Gasteiger partial charge in [0.25, 0.3) is 5.91 Å². The van der Waals surface area contributed by atoms with E-state index in [1.54, 1.807) is 23.1 Å². The second-order valence-corrected chi connectivity index (χ2v) is 6.98. The maximum Gasteiger partial charge on any atom is 0.255 e. The van der Waals surface area contributed by atoms with Gasteiger partial charge < -0.3 is 19.7 Å². The van der Waals surface area contributed by atoms with Gasteiger partial charge in [-0.05, 0) is 24.1 Å². The first-order valence-corrected chi connectivity index (χ1v) is 9.49. The Morgan fingerprint density at radius 1 is 1.21 bits per heavy atom. The van der Waals surface area contributed by atoms with Crippen molar-refractivity contribution in [3.63, 3.8) is 0 Å². The molecule has 2 aromatic carbocycles. The monoisotopic (exact) mass is 402 g/mol. The predicted octanol–water partition coefficient (Wildman–Crippen LogP) is 4.12. The second kappa shape index (κ2) is 8.52. The molecule has 6 nitrogen and oxygen atoms in total. The van der Waals surface area contributed by atoms with E-state index in [1.165, 1.54) is 14.2 Å². The number of hydrogen-bond acceptors (Lipinski definition) is 4. The highest BCUT2D eigenvalue weighted by molar-refractivity contribution is 6.32. The molecule has 0 saturated carbocycles. The van der Waals surface area contributed by atoms with E-state index < -0.39 is 6.04 Å². The van der Waals surface area contributed by atoms with E-state index in [0.29, 0.717) is 40.7 Å². The van der Waals surface area contributed by atoms with Crippen molar-refractivity contribution in [2.45, 2.75) is 32.4 Å². The Bertz CT molecular complexity index is 900. The van der Waals surface area contributed by atoms with E-state index in [9.17, 15) is 9.59 Å². The molecule has 0 unspecified atom stereocenters. The summed E-state index contributed by atoms with van der Waals surface area (Å²) in [5.74, 6) is 0.485. The van der Waals surface area contributed by atoms with Crippen LogP contribution in [0.5, 0.6) is 11.5 Å². The Morgan fingerprint density at radius 3 is 2.57 bits per heavy atom. The summed E-state index contributed by atoms with van der Waals surface area (Å²) in [7, 11) is 3.01. The standard InChI is InChI=1S/C21H23ClN2O4/c1-4-7-17(24-12-13-8-5-6-9-14(13)21(24)26)20(25)23-16-10-15(22)18(27-2)11-19(16)28-3/h5-6,8-11,17H,4,7,12H2,1-3H3,(H,23,25)/t17-/m1/s1. The Hall–Kier alpha value is -2.73. The number of methoxy groups -OCH3 is 2. The number of anilines is 1. The van der Waals surface area contributed by atoms with E-state index >= 15 is 0 Å². The molecule has 28 heavy (non-hydrogen) atoms. The van der Waals surface area contributed by atoms with Gasteiger partial charge in [-0.15, -0.1) is 0 Å². The topological polar surface area (TPSA) is 67.9 Å². The van der Waals surface area contributed by atoms with E-state index in [-0.39, 0.29) is 11.8 Å². The lowest BCUT2D eigenvalue weighted by Crippen LogP contribution is -2.44. The van der Waals surface area contributed by atoms with Gasteiger partial charge in [-0.3, -0.25) is 9.59 Å². The van der Waals surface area contributed by atoms with Crippen LogP contribution in [-0.4, -0.2) is 37.0 Å². The minimum atomic E-state index is -0.588. The van der Waals surface area contributed by atoms with Crippen LogP contribution in [0.1, 0.15) is 35.7 Å². The fraction of sp³-hybridized carbons (Fsp3) is 0.333. The number of ether oxygens (including phenoxy) is 2. The van der Waals surface area contributed by atoms with Crippen LogP contribution in [0.4, 0.5) is 5.69 Å². The molecule has 2 amide bonds. The van der Waals surface area contributed by atoms with Gasteiger partial charge in [0.2, 0.25) is 5.91 Å². The van der Waals surface area contributed by atoms with Crippen molar-refractivity contribution >= 4 is 29.1 Å². The van der Waals surface area contributed by atoms with Crippen LogP contribution in [0.3, 0.4) is 0 Å². The molecule has 1 atom stereocenters. The van der Waals surface area contributed by atoms with Crippen molar-refractivity contribution in [2.24, 2.45) is 0 Å². The van der Waals surface area contributed by atoms with E-state index in [2.05, 4.69) is 5.32 Å². The van der Waals surface area contributed by atoms with Crippen LogP contribution in [0.2, 0.25) is 5.02 Å². The summed E-state index contributed by atoms with van der Waals surface area (Å²) >= 11 is 6.20. The number of halogens is 1. The number of rotatable bonds is 7. The zero-order valence-electron chi connectivity index (χ0n) is 16.1. The van der Waals surface area contributed by atoms with Crippen molar-refractivity contribution in [1.82, 2.24) is 4.90 Å². The Labute approximate surface area is 169 Å². The highest BCUT2D eigenvalue weighted by atomic mass is 35.5. The Morgan fingerprint density at radius 2 is 1.93 bits per heavy atom. The van der Waals surface area contributed by atoms with Gasteiger partial charge in [0.05, 0.1) is 24.9 Å². The largest absolute Gasteiger partial charge is 0.495 e. The fourth-order valence-corrected chi connectivity index (χ4v) is 3.65. The van der Waals surface area contributed by atoms with E-state index in [1.807, 2.05) is 25.1 Å². The van der Waals surface area contributed by atoms with Gasteiger partial charge in [0, 0.05) is 18.2 Å². The Balaban J connectivity index is 1.85. The maximum atomic E-state index is 13.1. The van der Waals surface area contributed by atoms with Gasteiger partial charge in [-0.25, -0.2) is 0 Å². The van der Waals surface area contributed by atoms with Gasteiger partial charge >= 0.3 is 0 Å². The molecule has 0 aromatic heterocycles.